The monoisotopic (exact) mass is 259 g/mol. The fourth-order valence-corrected chi connectivity index (χ4v) is 2.00. The van der Waals surface area contributed by atoms with Crippen LogP contribution in [0.1, 0.15) is 12.5 Å². The largest absolute Gasteiger partial charge is 0.319 e. The predicted octanol–water partition coefficient (Wildman–Crippen LogP) is 2.96. The van der Waals surface area contributed by atoms with E-state index in [1.165, 1.54) is 0 Å². The number of rotatable bonds is 5. The average Bonchev–Trinajstić information content (AvgIpc) is 2.23. The second-order valence-electron chi connectivity index (χ2n) is 3.80. The topological polar surface area (TPSA) is 29.1 Å². The zero-order valence-corrected chi connectivity index (χ0v) is 10.9. The van der Waals surface area contributed by atoms with Gasteiger partial charge in [0.1, 0.15) is 5.78 Å². The number of hydrogen-bond acceptors (Lipinski definition) is 2. The molecule has 1 N–H and O–H groups in total. The fraction of sp³-hybridized carbons (Fsp3) is 0.417. The summed E-state index contributed by atoms with van der Waals surface area (Å²) in [6, 6.07) is 5.27. The minimum Gasteiger partial charge on any atom is -0.319 e. The Morgan fingerprint density at radius 2 is 1.94 bits per heavy atom. The van der Waals surface area contributed by atoms with E-state index in [1.54, 1.807) is 18.2 Å². The Kier molecular flexibility index (Phi) is 5.26. The number of nitrogens with one attached hydrogen (secondary N) is 1. The van der Waals surface area contributed by atoms with Gasteiger partial charge in [-0.15, -0.1) is 0 Å². The highest BCUT2D eigenvalue weighted by Crippen LogP contribution is 2.25. The molecule has 0 radical (unpaired) electrons. The molecule has 88 valence electrons. The minimum atomic E-state index is -0.0302. The Morgan fingerprint density at radius 1 is 1.38 bits per heavy atom. The van der Waals surface area contributed by atoms with E-state index in [0.717, 1.165) is 5.56 Å². The molecule has 1 aromatic rings. The van der Waals surface area contributed by atoms with Gasteiger partial charge in [0.15, 0.2) is 0 Å². The molecule has 1 unspecified atom stereocenters. The molecule has 1 aromatic carbocycles. The van der Waals surface area contributed by atoms with Gasteiger partial charge >= 0.3 is 0 Å². The van der Waals surface area contributed by atoms with Crippen molar-refractivity contribution in [2.24, 2.45) is 5.92 Å². The SMILES string of the molecule is CNCC(C)C(=O)Cc1c(Cl)cccc1Cl. The number of Topliss-reactive ketones (excluding diaryl/α,β-unsaturated/α-hetero) is 1. The van der Waals surface area contributed by atoms with Crippen LogP contribution < -0.4 is 5.32 Å². The Morgan fingerprint density at radius 3 is 2.44 bits per heavy atom. The number of hydrogen-bond donors (Lipinski definition) is 1. The van der Waals surface area contributed by atoms with Crippen LogP contribution >= 0.6 is 23.2 Å². The molecule has 0 aromatic heterocycles. The van der Waals surface area contributed by atoms with E-state index in [9.17, 15) is 4.79 Å². The molecule has 0 saturated heterocycles. The minimum absolute atomic E-state index is 0.0302. The zero-order valence-electron chi connectivity index (χ0n) is 9.39. The van der Waals surface area contributed by atoms with Gasteiger partial charge in [0.05, 0.1) is 0 Å². The summed E-state index contributed by atoms with van der Waals surface area (Å²) in [5.41, 5.74) is 0.721. The molecule has 4 heteroatoms. The molecular weight excluding hydrogens is 245 g/mol. The van der Waals surface area contributed by atoms with Crippen LogP contribution in [0.3, 0.4) is 0 Å². The van der Waals surface area contributed by atoms with Crippen molar-refractivity contribution in [3.63, 3.8) is 0 Å². The van der Waals surface area contributed by atoms with Crippen LogP contribution in [-0.2, 0) is 11.2 Å². The summed E-state index contributed by atoms with van der Waals surface area (Å²) in [6.45, 7) is 2.56. The van der Waals surface area contributed by atoms with Crippen molar-refractivity contribution in [2.45, 2.75) is 13.3 Å². The second-order valence-corrected chi connectivity index (χ2v) is 4.62. The first-order chi connectivity index (χ1) is 7.56. The lowest BCUT2D eigenvalue weighted by Gasteiger charge is -2.11. The average molecular weight is 260 g/mol. The second kappa shape index (κ2) is 6.24. The van der Waals surface area contributed by atoms with Gasteiger partial charge in [-0.25, -0.2) is 0 Å². The molecule has 0 heterocycles. The fourth-order valence-electron chi connectivity index (χ4n) is 1.47. The third-order valence-electron chi connectivity index (χ3n) is 2.47. The summed E-state index contributed by atoms with van der Waals surface area (Å²) < 4.78 is 0. The first kappa shape index (κ1) is 13.5. The summed E-state index contributed by atoms with van der Waals surface area (Å²) in [5, 5.41) is 4.08. The molecule has 16 heavy (non-hydrogen) atoms. The van der Waals surface area contributed by atoms with E-state index >= 15 is 0 Å². The number of benzene rings is 1. The van der Waals surface area contributed by atoms with Crippen LogP contribution in [0.25, 0.3) is 0 Å². The highest BCUT2D eigenvalue weighted by Gasteiger charge is 2.15. The van der Waals surface area contributed by atoms with Crippen molar-refractivity contribution in [3.8, 4) is 0 Å². The van der Waals surface area contributed by atoms with E-state index in [0.29, 0.717) is 23.0 Å². The first-order valence-corrected chi connectivity index (χ1v) is 5.92. The van der Waals surface area contributed by atoms with E-state index in [2.05, 4.69) is 5.32 Å². The maximum Gasteiger partial charge on any atom is 0.141 e. The lowest BCUT2D eigenvalue weighted by atomic mass is 9.99. The third-order valence-corrected chi connectivity index (χ3v) is 3.18. The van der Waals surface area contributed by atoms with Crippen molar-refractivity contribution in [2.75, 3.05) is 13.6 Å². The van der Waals surface area contributed by atoms with Gasteiger partial charge in [-0.3, -0.25) is 4.79 Å². The van der Waals surface area contributed by atoms with Crippen LogP contribution in [0.2, 0.25) is 10.0 Å². The molecule has 0 aliphatic carbocycles. The van der Waals surface area contributed by atoms with E-state index in [-0.39, 0.29) is 11.7 Å². The molecule has 0 amide bonds. The molecule has 0 aliphatic rings. The molecule has 2 nitrogen and oxygen atoms in total. The summed E-state index contributed by atoms with van der Waals surface area (Å²) >= 11 is 12.0. The summed E-state index contributed by atoms with van der Waals surface area (Å²) in [6.07, 6.45) is 0.293. The van der Waals surface area contributed by atoms with Crippen LogP contribution in [0, 0.1) is 5.92 Å². The summed E-state index contributed by atoms with van der Waals surface area (Å²) in [4.78, 5) is 11.8. The Hall–Kier alpha value is -0.570. The highest BCUT2D eigenvalue weighted by molar-refractivity contribution is 6.36. The standard InChI is InChI=1S/C12H15Cl2NO/c1-8(7-15-2)12(16)6-9-10(13)4-3-5-11(9)14/h3-5,8,15H,6-7H2,1-2H3. The Bertz CT molecular complexity index is 359. The van der Waals surface area contributed by atoms with Crippen molar-refractivity contribution < 1.29 is 4.79 Å². The molecule has 0 saturated carbocycles. The van der Waals surface area contributed by atoms with Crippen molar-refractivity contribution in [1.29, 1.82) is 0 Å². The van der Waals surface area contributed by atoms with Crippen LogP contribution in [0.15, 0.2) is 18.2 Å². The van der Waals surface area contributed by atoms with E-state index in [4.69, 9.17) is 23.2 Å². The normalized spacial score (nSPS) is 12.5. The van der Waals surface area contributed by atoms with Gasteiger partial charge in [0.2, 0.25) is 0 Å². The maximum absolute atomic E-state index is 11.8. The molecular formula is C12H15Cl2NO. The molecule has 0 bridgehead atoms. The number of carbonyl (C=O) groups is 1. The molecule has 0 aliphatic heterocycles. The highest BCUT2D eigenvalue weighted by atomic mass is 35.5. The van der Waals surface area contributed by atoms with Gasteiger partial charge in [-0.05, 0) is 24.7 Å². The summed E-state index contributed by atoms with van der Waals surface area (Å²) in [5.74, 6) is 0.113. The van der Waals surface area contributed by atoms with Gasteiger partial charge in [0, 0.05) is 28.9 Å². The molecule has 0 fully saturated rings. The van der Waals surface area contributed by atoms with Gasteiger partial charge in [0.25, 0.3) is 0 Å². The van der Waals surface area contributed by atoms with Crippen molar-refractivity contribution in [1.82, 2.24) is 5.32 Å². The molecule has 1 atom stereocenters. The smallest absolute Gasteiger partial charge is 0.141 e. The van der Waals surface area contributed by atoms with Gasteiger partial charge in [-0.2, -0.15) is 0 Å². The number of carbonyl (C=O) groups excluding carboxylic acids is 1. The van der Waals surface area contributed by atoms with Crippen LogP contribution in [0.5, 0.6) is 0 Å². The Labute approximate surface area is 106 Å². The molecule has 0 spiro atoms. The van der Waals surface area contributed by atoms with Crippen LogP contribution in [-0.4, -0.2) is 19.4 Å². The number of ketones is 1. The Balaban J connectivity index is 2.77. The van der Waals surface area contributed by atoms with E-state index < -0.39 is 0 Å². The lowest BCUT2D eigenvalue weighted by molar-refractivity contribution is -0.121. The molecule has 1 rings (SSSR count). The maximum atomic E-state index is 11.8. The van der Waals surface area contributed by atoms with Gasteiger partial charge in [-0.1, -0.05) is 36.2 Å². The summed E-state index contributed by atoms with van der Waals surface area (Å²) in [7, 11) is 1.83. The number of halogens is 2. The lowest BCUT2D eigenvalue weighted by Crippen LogP contribution is -2.25. The van der Waals surface area contributed by atoms with Gasteiger partial charge < -0.3 is 5.32 Å². The quantitative estimate of drug-likeness (QED) is 0.881. The zero-order chi connectivity index (χ0) is 12.1. The van der Waals surface area contributed by atoms with Crippen LogP contribution in [0.4, 0.5) is 0 Å². The van der Waals surface area contributed by atoms with E-state index in [1.807, 2.05) is 14.0 Å². The predicted molar refractivity (Wildman–Crippen MR) is 68.3 cm³/mol. The third kappa shape index (κ3) is 3.48. The first-order valence-electron chi connectivity index (χ1n) is 5.16. The van der Waals surface area contributed by atoms with Crippen molar-refractivity contribution >= 4 is 29.0 Å². The van der Waals surface area contributed by atoms with Crippen molar-refractivity contribution in [3.05, 3.63) is 33.8 Å².